The Bertz CT molecular complexity index is 749. The van der Waals surface area contributed by atoms with Crippen LogP contribution in [0.4, 0.5) is 0 Å². The molecule has 0 saturated heterocycles. The standard InChI is InChI=1S/C29H37NO.ClH/c1-3-5-22-30(23-6-4-2)24-25-31-29(26-16-10-7-11-17-26,27-18-12-8-13-19-27)28-20-14-9-15-21-28;/h7-21H,3-6,22-25H2,1-2H3;1H. The number of quaternary nitrogens is 1. The maximum absolute atomic E-state index is 6.96. The van der Waals surface area contributed by atoms with Gasteiger partial charge in [-0.3, -0.25) is 0 Å². The first-order valence-electron chi connectivity index (χ1n) is 11.9. The smallest absolute Gasteiger partial charge is 0.144 e. The summed E-state index contributed by atoms with van der Waals surface area (Å²) in [4.78, 5) is 1.66. The van der Waals surface area contributed by atoms with Gasteiger partial charge in [0, 0.05) is 0 Å². The molecule has 32 heavy (non-hydrogen) atoms. The van der Waals surface area contributed by atoms with Crippen molar-refractivity contribution in [3.8, 4) is 0 Å². The molecule has 172 valence electrons. The van der Waals surface area contributed by atoms with Crippen molar-refractivity contribution in [1.29, 1.82) is 0 Å². The summed E-state index contributed by atoms with van der Waals surface area (Å²) in [5, 5.41) is 0. The van der Waals surface area contributed by atoms with Crippen molar-refractivity contribution in [3.05, 3.63) is 108 Å². The van der Waals surface area contributed by atoms with Gasteiger partial charge in [0.15, 0.2) is 0 Å². The molecule has 0 aliphatic rings. The zero-order valence-electron chi connectivity index (χ0n) is 19.6. The van der Waals surface area contributed by atoms with Gasteiger partial charge in [-0.15, -0.1) is 0 Å². The van der Waals surface area contributed by atoms with Crippen LogP contribution in [0.15, 0.2) is 91.0 Å². The molecule has 0 aromatic heterocycles. The van der Waals surface area contributed by atoms with Crippen LogP contribution >= 0.6 is 0 Å². The van der Waals surface area contributed by atoms with E-state index in [-0.39, 0.29) is 12.4 Å². The number of halogens is 1. The van der Waals surface area contributed by atoms with Crippen molar-refractivity contribution in [2.75, 3.05) is 26.2 Å². The molecule has 1 N–H and O–H groups in total. The van der Waals surface area contributed by atoms with Crippen molar-refractivity contribution >= 4 is 0 Å². The second kappa shape index (κ2) is 14.1. The van der Waals surface area contributed by atoms with Gasteiger partial charge in [-0.2, -0.15) is 0 Å². The van der Waals surface area contributed by atoms with Gasteiger partial charge in [0.25, 0.3) is 0 Å². The fourth-order valence-electron chi connectivity index (χ4n) is 4.35. The molecular formula is C29H38ClNO. The molecule has 3 aromatic carbocycles. The van der Waals surface area contributed by atoms with Crippen LogP contribution in [-0.4, -0.2) is 26.2 Å². The van der Waals surface area contributed by atoms with Gasteiger partial charge in [-0.05, 0) is 29.5 Å². The van der Waals surface area contributed by atoms with Gasteiger partial charge >= 0.3 is 0 Å². The van der Waals surface area contributed by atoms with Crippen LogP contribution in [0.3, 0.4) is 0 Å². The Morgan fingerprint density at radius 1 is 0.594 bits per heavy atom. The molecule has 0 aliphatic heterocycles. The molecule has 0 atom stereocenters. The number of rotatable bonds is 13. The van der Waals surface area contributed by atoms with Gasteiger partial charge in [-0.25, -0.2) is 0 Å². The van der Waals surface area contributed by atoms with Crippen LogP contribution in [0, 0.1) is 0 Å². The summed E-state index contributed by atoms with van der Waals surface area (Å²) in [7, 11) is 0. The lowest BCUT2D eigenvalue weighted by Crippen LogP contribution is -3.12. The molecule has 0 bridgehead atoms. The fraction of sp³-hybridized carbons (Fsp3) is 0.379. The number of hydrogen-bond acceptors (Lipinski definition) is 1. The Hall–Kier alpha value is -2.13. The minimum atomic E-state index is -0.607. The monoisotopic (exact) mass is 451 g/mol. The van der Waals surface area contributed by atoms with Crippen molar-refractivity contribution in [1.82, 2.24) is 0 Å². The predicted molar refractivity (Wildman–Crippen MR) is 131 cm³/mol. The zero-order chi connectivity index (χ0) is 21.8. The molecule has 0 aliphatic carbocycles. The zero-order valence-corrected chi connectivity index (χ0v) is 20.4. The van der Waals surface area contributed by atoms with Crippen molar-refractivity contribution in [2.24, 2.45) is 0 Å². The van der Waals surface area contributed by atoms with E-state index >= 15 is 0 Å². The Morgan fingerprint density at radius 2 is 0.969 bits per heavy atom. The molecular weight excluding hydrogens is 414 g/mol. The fourth-order valence-corrected chi connectivity index (χ4v) is 4.35. The van der Waals surface area contributed by atoms with E-state index in [0.29, 0.717) is 0 Å². The van der Waals surface area contributed by atoms with Gasteiger partial charge < -0.3 is 22.0 Å². The molecule has 3 aromatic rings. The molecule has 0 amide bonds. The summed E-state index contributed by atoms with van der Waals surface area (Å²) in [6.45, 7) is 8.78. The molecule has 3 heteroatoms. The van der Waals surface area contributed by atoms with E-state index in [9.17, 15) is 0 Å². The lowest BCUT2D eigenvalue weighted by atomic mass is 9.80. The normalized spacial score (nSPS) is 11.3. The molecule has 0 fully saturated rings. The third-order valence-corrected chi connectivity index (χ3v) is 6.08. The van der Waals surface area contributed by atoms with Gasteiger partial charge in [0.1, 0.15) is 12.1 Å². The van der Waals surface area contributed by atoms with Crippen molar-refractivity contribution in [3.63, 3.8) is 0 Å². The minimum absolute atomic E-state index is 0. The van der Waals surface area contributed by atoms with E-state index in [1.807, 2.05) is 0 Å². The topological polar surface area (TPSA) is 13.7 Å². The third kappa shape index (κ3) is 6.68. The van der Waals surface area contributed by atoms with Gasteiger partial charge in [-0.1, -0.05) is 118 Å². The quantitative estimate of drug-likeness (QED) is 0.394. The Morgan fingerprint density at radius 3 is 1.31 bits per heavy atom. The highest BCUT2D eigenvalue weighted by Crippen LogP contribution is 2.40. The first-order chi connectivity index (χ1) is 15.3. The first-order valence-corrected chi connectivity index (χ1v) is 11.9. The van der Waals surface area contributed by atoms with E-state index in [0.717, 1.165) is 13.2 Å². The number of benzene rings is 3. The highest BCUT2D eigenvalue weighted by Gasteiger charge is 2.37. The maximum atomic E-state index is 6.96. The van der Waals surface area contributed by atoms with E-state index in [2.05, 4.69) is 105 Å². The van der Waals surface area contributed by atoms with Crippen LogP contribution in [0.2, 0.25) is 0 Å². The van der Waals surface area contributed by atoms with E-state index in [1.165, 1.54) is 55.5 Å². The van der Waals surface area contributed by atoms with Crippen LogP contribution in [0.25, 0.3) is 0 Å². The SMILES string of the molecule is CCCC[NH+](CCCC)CCOC(c1ccccc1)(c1ccccc1)c1ccccc1.[Cl-]. The Kier molecular flexibility index (Phi) is 11.5. The van der Waals surface area contributed by atoms with E-state index < -0.39 is 5.60 Å². The Balaban J connectivity index is 0.00000363. The average Bonchev–Trinajstić information content (AvgIpc) is 2.85. The summed E-state index contributed by atoms with van der Waals surface area (Å²) in [5.74, 6) is 0. The van der Waals surface area contributed by atoms with Crippen LogP contribution in [-0.2, 0) is 10.3 Å². The number of hydrogen-bond donors (Lipinski definition) is 1. The molecule has 0 saturated carbocycles. The lowest BCUT2D eigenvalue weighted by molar-refractivity contribution is -0.901. The van der Waals surface area contributed by atoms with Crippen LogP contribution in [0.5, 0.6) is 0 Å². The highest BCUT2D eigenvalue weighted by molar-refractivity contribution is 5.47. The van der Waals surface area contributed by atoms with Gasteiger partial charge in [0.2, 0.25) is 0 Å². The molecule has 0 heterocycles. The number of ether oxygens (including phenoxy) is 1. The summed E-state index contributed by atoms with van der Waals surface area (Å²) < 4.78 is 6.96. The number of nitrogens with one attached hydrogen (secondary N) is 1. The minimum Gasteiger partial charge on any atom is -1.00 e. The van der Waals surface area contributed by atoms with E-state index in [1.54, 1.807) is 4.90 Å². The number of unbranched alkanes of at least 4 members (excludes halogenated alkanes) is 2. The molecule has 0 radical (unpaired) electrons. The molecule has 2 nitrogen and oxygen atoms in total. The van der Waals surface area contributed by atoms with Crippen LogP contribution < -0.4 is 17.3 Å². The summed E-state index contributed by atoms with van der Waals surface area (Å²) >= 11 is 0. The second-order valence-electron chi connectivity index (χ2n) is 8.33. The summed E-state index contributed by atoms with van der Waals surface area (Å²) in [6.07, 6.45) is 5.05. The summed E-state index contributed by atoms with van der Waals surface area (Å²) in [5.41, 5.74) is 2.92. The Labute approximate surface area is 201 Å². The average molecular weight is 452 g/mol. The predicted octanol–water partition coefficient (Wildman–Crippen LogP) is 2.48. The lowest BCUT2D eigenvalue weighted by Gasteiger charge is -2.36. The largest absolute Gasteiger partial charge is 1.00 e. The van der Waals surface area contributed by atoms with Crippen LogP contribution in [0.1, 0.15) is 56.2 Å². The first kappa shape index (κ1) is 26.1. The second-order valence-corrected chi connectivity index (χ2v) is 8.33. The van der Waals surface area contributed by atoms with Gasteiger partial charge in [0.05, 0.1) is 19.7 Å². The van der Waals surface area contributed by atoms with E-state index in [4.69, 9.17) is 4.74 Å². The molecule has 0 spiro atoms. The maximum Gasteiger partial charge on any atom is 0.144 e. The highest BCUT2D eigenvalue weighted by atomic mass is 35.5. The van der Waals surface area contributed by atoms with Crippen molar-refractivity contribution in [2.45, 2.75) is 45.1 Å². The molecule has 0 unspecified atom stereocenters. The van der Waals surface area contributed by atoms with Crippen molar-refractivity contribution < 1.29 is 22.0 Å². The third-order valence-electron chi connectivity index (χ3n) is 6.08. The molecule has 3 rings (SSSR count). The summed E-state index contributed by atoms with van der Waals surface area (Å²) in [6, 6.07) is 32.0.